The molecule has 0 radical (unpaired) electrons. The Morgan fingerprint density at radius 2 is 1.80 bits per heavy atom. The lowest BCUT2D eigenvalue weighted by molar-refractivity contribution is 0.0239. The quantitative estimate of drug-likeness (QED) is 0.778. The van der Waals surface area contributed by atoms with E-state index in [1.165, 1.54) is 0 Å². The zero-order valence-corrected chi connectivity index (χ0v) is 12.5. The molecule has 0 atom stereocenters. The second kappa shape index (κ2) is 7.50. The zero-order valence-electron chi connectivity index (χ0n) is 12.5. The molecule has 2 rings (SSSR count). The molecule has 1 aromatic carbocycles. The Kier molecular flexibility index (Phi) is 5.68. The zero-order chi connectivity index (χ0) is 14.3. The molecule has 4 nitrogen and oxygen atoms in total. The number of nitrogens with one attached hydrogen (secondary N) is 1. The second-order valence-electron chi connectivity index (χ2n) is 5.62. The van der Waals surface area contributed by atoms with Crippen LogP contribution in [0, 0.1) is 5.41 Å². The maximum absolute atomic E-state index is 5.69. The fourth-order valence-electron chi connectivity index (χ4n) is 2.34. The summed E-state index contributed by atoms with van der Waals surface area (Å²) >= 11 is 0. The van der Waals surface area contributed by atoms with Gasteiger partial charge < -0.3 is 19.5 Å². The molecule has 1 fully saturated rings. The van der Waals surface area contributed by atoms with E-state index < -0.39 is 0 Å². The minimum atomic E-state index is 0.373. The third kappa shape index (κ3) is 4.69. The van der Waals surface area contributed by atoms with Gasteiger partial charge in [-0.2, -0.15) is 0 Å². The lowest BCUT2D eigenvalue weighted by Crippen LogP contribution is -2.38. The first-order valence-electron chi connectivity index (χ1n) is 7.27. The first-order valence-corrected chi connectivity index (χ1v) is 7.27. The van der Waals surface area contributed by atoms with Crippen LogP contribution in [0.4, 0.5) is 0 Å². The van der Waals surface area contributed by atoms with Gasteiger partial charge in [-0.05, 0) is 42.5 Å². The van der Waals surface area contributed by atoms with Crippen LogP contribution in [-0.2, 0) is 4.74 Å². The van der Waals surface area contributed by atoms with Gasteiger partial charge in [0.05, 0.1) is 7.11 Å². The van der Waals surface area contributed by atoms with E-state index >= 15 is 0 Å². The smallest absolute Gasteiger partial charge is 0.119 e. The highest BCUT2D eigenvalue weighted by molar-refractivity contribution is 5.31. The molecular formula is C16H25NO3. The molecule has 1 saturated heterocycles. The van der Waals surface area contributed by atoms with Crippen molar-refractivity contribution in [2.45, 2.75) is 19.8 Å². The molecule has 0 saturated carbocycles. The number of ether oxygens (including phenoxy) is 3. The minimum absolute atomic E-state index is 0.373. The predicted molar refractivity (Wildman–Crippen MR) is 79.5 cm³/mol. The van der Waals surface area contributed by atoms with E-state index in [0.717, 1.165) is 50.6 Å². The molecule has 20 heavy (non-hydrogen) atoms. The number of hydrogen-bond donors (Lipinski definition) is 1. The van der Waals surface area contributed by atoms with Crippen molar-refractivity contribution in [2.24, 2.45) is 5.41 Å². The van der Waals surface area contributed by atoms with E-state index in [4.69, 9.17) is 14.2 Å². The van der Waals surface area contributed by atoms with Crippen molar-refractivity contribution in [3.05, 3.63) is 24.3 Å². The summed E-state index contributed by atoms with van der Waals surface area (Å²) in [6, 6.07) is 7.68. The summed E-state index contributed by atoms with van der Waals surface area (Å²) in [7, 11) is 1.66. The predicted octanol–water partition coefficient (Wildman–Crippen LogP) is 2.48. The molecule has 0 spiro atoms. The van der Waals surface area contributed by atoms with Crippen LogP contribution in [0.15, 0.2) is 24.3 Å². The molecule has 0 unspecified atom stereocenters. The Labute approximate surface area is 121 Å². The topological polar surface area (TPSA) is 39.7 Å². The maximum Gasteiger partial charge on any atom is 0.119 e. The average molecular weight is 279 g/mol. The average Bonchev–Trinajstić information content (AvgIpc) is 2.48. The molecule has 1 aliphatic rings. The molecule has 1 heterocycles. The van der Waals surface area contributed by atoms with Gasteiger partial charge in [0.2, 0.25) is 0 Å². The van der Waals surface area contributed by atoms with Crippen LogP contribution in [0.2, 0.25) is 0 Å². The van der Waals surface area contributed by atoms with E-state index in [1.807, 2.05) is 24.3 Å². The molecule has 0 aromatic heterocycles. The van der Waals surface area contributed by atoms with Gasteiger partial charge in [-0.1, -0.05) is 6.92 Å². The molecule has 1 aromatic rings. The standard InChI is InChI=1S/C16H25NO3/c1-16(7-10-19-11-8-16)13-17-9-12-20-15-5-3-14(18-2)4-6-15/h3-6,17H,7-13H2,1-2H3. The number of hydrogen-bond acceptors (Lipinski definition) is 4. The molecule has 112 valence electrons. The Hall–Kier alpha value is -1.26. The Morgan fingerprint density at radius 1 is 1.15 bits per heavy atom. The lowest BCUT2D eigenvalue weighted by Gasteiger charge is -2.33. The summed E-state index contributed by atoms with van der Waals surface area (Å²) in [5, 5.41) is 3.48. The highest BCUT2D eigenvalue weighted by atomic mass is 16.5. The second-order valence-corrected chi connectivity index (χ2v) is 5.62. The first kappa shape index (κ1) is 15.1. The van der Waals surface area contributed by atoms with Crippen LogP contribution in [0.3, 0.4) is 0 Å². The van der Waals surface area contributed by atoms with Gasteiger partial charge in [-0.25, -0.2) is 0 Å². The fraction of sp³-hybridized carbons (Fsp3) is 0.625. The van der Waals surface area contributed by atoms with Gasteiger partial charge in [-0.15, -0.1) is 0 Å². The highest BCUT2D eigenvalue weighted by Gasteiger charge is 2.26. The van der Waals surface area contributed by atoms with Gasteiger partial charge in [0.1, 0.15) is 18.1 Å². The Bertz CT molecular complexity index is 385. The van der Waals surface area contributed by atoms with Gasteiger partial charge >= 0.3 is 0 Å². The van der Waals surface area contributed by atoms with Crippen LogP contribution in [0.25, 0.3) is 0 Å². The van der Waals surface area contributed by atoms with Gasteiger partial charge in [-0.3, -0.25) is 0 Å². The van der Waals surface area contributed by atoms with Crippen molar-refractivity contribution in [1.29, 1.82) is 0 Å². The summed E-state index contributed by atoms with van der Waals surface area (Å²) in [4.78, 5) is 0. The van der Waals surface area contributed by atoms with Crippen molar-refractivity contribution < 1.29 is 14.2 Å². The molecule has 0 aliphatic carbocycles. The third-order valence-corrected chi connectivity index (χ3v) is 3.86. The first-order chi connectivity index (χ1) is 9.72. The third-order valence-electron chi connectivity index (χ3n) is 3.86. The molecule has 0 amide bonds. The number of benzene rings is 1. The van der Waals surface area contributed by atoms with E-state index in [-0.39, 0.29) is 0 Å². The van der Waals surface area contributed by atoms with Crippen LogP contribution < -0.4 is 14.8 Å². The fourth-order valence-corrected chi connectivity index (χ4v) is 2.34. The van der Waals surface area contributed by atoms with Crippen molar-refractivity contribution >= 4 is 0 Å². The largest absolute Gasteiger partial charge is 0.497 e. The SMILES string of the molecule is COc1ccc(OCCNCC2(C)CCOCC2)cc1. The normalized spacial score (nSPS) is 17.7. The van der Waals surface area contributed by atoms with Gasteiger partial charge in [0, 0.05) is 26.3 Å². The summed E-state index contributed by atoms with van der Waals surface area (Å²) in [5.74, 6) is 1.73. The van der Waals surface area contributed by atoms with Crippen LogP contribution >= 0.6 is 0 Å². The van der Waals surface area contributed by atoms with E-state index in [1.54, 1.807) is 7.11 Å². The van der Waals surface area contributed by atoms with Gasteiger partial charge in [0.25, 0.3) is 0 Å². The molecule has 0 bridgehead atoms. The van der Waals surface area contributed by atoms with Crippen LogP contribution in [0.5, 0.6) is 11.5 Å². The number of rotatable bonds is 7. The van der Waals surface area contributed by atoms with E-state index in [2.05, 4.69) is 12.2 Å². The van der Waals surface area contributed by atoms with E-state index in [0.29, 0.717) is 12.0 Å². The van der Waals surface area contributed by atoms with Crippen molar-refractivity contribution in [2.75, 3.05) is 40.0 Å². The minimum Gasteiger partial charge on any atom is -0.497 e. The summed E-state index contributed by atoms with van der Waals surface area (Å²) in [6.07, 6.45) is 2.28. The Morgan fingerprint density at radius 3 is 2.45 bits per heavy atom. The summed E-state index contributed by atoms with van der Waals surface area (Å²) < 4.78 is 16.2. The van der Waals surface area contributed by atoms with E-state index in [9.17, 15) is 0 Å². The summed E-state index contributed by atoms with van der Waals surface area (Å²) in [5.41, 5.74) is 0.373. The van der Waals surface area contributed by atoms with Crippen molar-refractivity contribution in [1.82, 2.24) is 5.32 Å². The lowest BCUT2D eigenvalue weighted by atomic mass is 9.82. The molecular weight excluding hydrogens is 254 g/mol. The Balaban J connectivity index is 1.61. The monoisotopic (exact) mass is 279 g/mol. The number of methoxy groups -OCH3 is 1. The van der Waals surface area contributed by atoms with Crippen LogP contribution in [-0.4, -0.2) is 40.0 Å². The van der Waals surface area contributed by atoms with Crippen LogP contribution in [0.1, 0.15) is 19.8 Å². The maximum atomic E-state index is 5.69. The molecule has 4 heteroatoms. The van der Waals surface area contributed by atoms with Crippen molar-refractivity contribution in [3.8, 4) is 11.5 Å². The molecule has 1 aliphatic heterocycles. The van der Waals surface area contributed by atoms with Gasteiger partial charge in [0.15, 0.2) is 0 Å². The molecule has 1 N–H and O–H groups in total. The summed E-state index contributed by atoms with van der Waals surface area (Å²) in [6.45, 7) is 6.68. The highest BCUT2D eigenvalue weighted by Crippen LogP contribution is 2.28. The van der Waals surface area contributed by atoms with Crippen molar-refractivity contribution in [3.63, 3.8) is 0 Å².